The van der Waals surface area contributed by atoms with Crippen LogP contribution in [0.4, 0.5) is 5.95 Å². The summed E-state index contributed by atoms with van der Waals surface area (Å²) in [6, 6.07) is 15.4. The normalized spacial score (nSPS) is 11.7. The van der Waals surface area contributed by atoms with E-state index in [4.69, 9.17) is 15.2 Å². The van der Waals surface area contributed by atoms with E-state index in [0.717, 1.165) is 28.2 Å². The molecule has 29 heavy (non-hydrogen) atoms. The summed E-state index contributed by atoms with van der Waals surface area (Å²) in [7, 11) is 4.89. The number of nitrogens with zero attached hydrogens (tertiary/aromatic N) is 2. The maximum Gasteiger partial charge on any atom is 0.254 e. The van der Waals surface area contributed by atoms with Gasteiger partial charge in [0.25, 0.3) is 5.56 Å². The van der Waals surface area contributed by atoms with Crippen LogP contribution in [-0.4, -0.2) is 23.8 Å². The lowest BCUT2D eigenvalue weighted by Crippen LogP contribution is -2.22. The molecule has 0 aliphatic carbocycles. The first-order valence-corrected chi connectivity index (χ1v) is 9.24. The highest BCUT2D eigenvalue weighted by Gasteiger charge is 2.14. The van der Waals surface area contributed by atoms with Crippen molar-refractivity contribution < 1.29 is 9.47 Å². The molecule has 3 aromatic rings. The first kappa shape index (κ1) is 20.2. The lowest BCUT2D eigenvalue weighted by molar-refractivity contribution is 0.404. The molecule has 1 heterocycles. The summed E-state index contributed by atoms with van der Waals surface area (Å²) in [5.74, 6) is 1.64. The molecule has 0 saturated heterocycles. The van der Waals surface area contributed by atoms with Crippen LogP contribution in [0.1, 0.15) is 17.2 Å². The largest absolute Gasteiger partial charge is 0.497 e. The third-order valence-electron chi connectivity index (χ3n) is 4.98. The van der Waals surface area contributed by atoms with Gasteiger partial charge in [0.1, 0.15) is 11.5 Å². The molecule has 150 valence electrons. The van der Waals surface area contributed by atoms with Crippen LogP contribution >= 0.6 is 0 Å². The number of hydrogen-bond donors (Lipinski definition) is 1. The fourth-order valence-corrected chi connectivity index (χ4v) is 3.19. The fraction of sp³-hybridized carbons (Fsp3) is 0.217. The molecule has 3 rings (SSSR count). The predicted molar refractivity (Wildman–Crippen MR) is 116 cm³/mol. The Morgan fingerprint density at radius 1 is 1.14 bits per heavy atom. The second kappa shape index (κ2) is 8.65. The Bertz CT molecular complexity index is 1070. The summed E-state index contributed by atoms with van der Waals surface area (Å²) in [6.07, 6.45) is 2.46. The molecule has 0 amide bonds. The van der Waals surface area contributed by atoms with E-state index in [1.165, 1.54) is 10.6 Å². The molecule has 2 aromatic carbocycles. The first-order valence-electron chi connectivity index (χ1n) is 9.24. The van der Waals surface area contributed by atoms with Gasteiger partial charge in [0.05, 0.1) is 19.9 Å². The number of ether oxygens (including phenoxy) is 2. The number of rotatable bonds is 7. The van der Waals surface area contributed by atoms with Crippen LogP contribution in [0, 0.1) is 0 Å². The SMILES string of the molecule is C=C[C@@H](Cc1ccc(-c2cc(OC)ccc2OC)cc1)c1cc(=O)n(C)c(N)n1. The van der Waals surface area contributed by atoms with Crippen molar-refractivity contribution in [1.82, 2.24) is 9.55 Å². The molecule has 0 aliphatic heterocycles. The number of benzene rings is 2. The quantitative estimate of drug-likeness (QED) is 0.623. The third-order valence-corrected chi connectivity index (χ3v) is 4.98. The minimum absolute atomic E-state index is 0.108. The third kappa shape index (κ3) is 4.32. The molecule has 6 heteroatoms. The molecule has 2 N–H and O–H groups in total. The van der Waals surface area contributed by atoms with Crippen molar-refractivity contribution in [2.24, 2.45) is 7.05 Å². The number of methoxy groups -OCH3 is 2. The number of nitrogens with two attached hydrogens (primary N) is 1. The van der Waals surface area contributed by atoms with Gasteiger partial charge in [0.15, 0.2) is 0 Å². The Labute approximate surface area is 170 Å². The predicted octanol–water partition coefficient (Wildman–Crippen LogP) is 3.56. The molecule has 0 radical (unpaired) electrons. The van der Waals surface area contributed by atoms with Crippen molar-refractivity contribution in [2.75, 3.05) is 20.0 Å². The maximum atomic E-state index is 12.0. The minimum Gasteiger partial charge on any atom is -0.497 e. The van der Waals surface area contributed by atoms with Gasteiger partial charge in [-0.25, -0.2) is 4.98 Å². The molecule has 0 bridgehead atoms. The second-order valence-electron chi connectivity index (χ2n) is 6.75. The van der Waals surface area contributed by atoms with Crippen LogP contribution in [0.5, 0.6) is 11.5 Å². The lowest BCUT2D eigenvalue weighted by atomic mass is 9.94. The van der Waals surface area contributed by atoms with Gasteiger partial charge in [0, 0.05) is 24.6 Å². The van der Waals surface area contributed by atoms with Crippen LogP contribution in [-0.2, 0) is 13.5 Å². The van der Waals surface area contributed by atoms with Gasteiger partial charge in [-0.1, -0.05) is 30.3 Å². The van der Waals surface area contributed by atoms with E-state index in [9.17, 15) is 4.79 Å². The van der Waals surface area contributed by atoms with Crippen LogP contribution in [0.2, 0.25) is 0 Å². The fourth-order valence-electron chi connectivity index (χ4n) is 3.19. The van der Waals surface area contributed by atoms with Gasteiger partial charge < -0.3 is 15.2 Å². The summed E-state index contributed by atoms with van der Waals surface area (Å²) in [6.45, 7) is 3.90. The van der Waals surface area contributed by atoms with Crippen molar-refractivity contribution >= 4 is 5.95 Å². The van der Waals surface area contributed by atoms with Crippen molar-refractivity contribution in [2.45, 2.75) is 12.3 Å². The van der Waals surface area contributed by atoms with Crippen molar-refractivity contribution in [3.63, 3.8) is 0 Å². The summed E-state index contributed by atoms with van der Waals surface area (Å²) in [5, 5.41) is 0. The highest BCUT2D eigenvalue weighted by molar-refractivity contribution is 5.72. The summed E-state index contributed by atoms with van der Waals surface area (Å²) < 4.78 is 12.1. The molecule has 1 atom stereocenters. The molecule has 0 fully saturated rings. The van der Waals surface area contributed by atoms with Crippen molar-refractivity contribution in [1.29, 1.82) is 0 Å². The molecule has 6 nitrogen and oxygen atoms in total. The summed E-state index contributed by atoms with van der Waals surface area (Å²) in [5.41, 5.74) is 9.36. The van der Waals surface area contributed by atoms with E-state index in [1.54, 1.807) is 27.3 Å². The monoisotopic (exact) mass is 391 g/mol. The number of anilines is 1. The van der Waals surface area contributed by atoms with Crippen LogP contribution in [0.3, 0.4) is 0 Å². The van der Waals surface area contributed by atoms with Crippen molar-refractivity contribution in [3.8, 4) is 22.6 Å². The van der Waals surface area contributed by atoms with E-state index in [0.29, 0.717) is 12.1 Å². The molecule has 1 aromatic heterocycles. The van der Waals surface area contributed by atoms with E-state index in [2.05, 4.69) is 23.7 Å². The van der Waals surface area contributed by atoms with Crippen LogP contribution in [0.25, 0.3) is 11.1 Å². The molecular weight excluding hydrogens is 366 g/mol. The van der Waals surface area contributed by atoms with Gasteiger partial charge in [-0.05, 0) is 35.7 Å². The average Bonchev–Trinajstić information content (AvgIpc) is 2.75. The Morgan fingerprint density at radius 3 is 2.45 bits per heavy atom. The average molecular weight is 391 g/mol. The topological polar surface area (TPSA) is 79.4 Å². The van der Waals surface area contributed by atoms with Gasteiger partial charge in [-0.15, -0.1) is 6.58 Å². The lowest BCUT2D eigenvalue weighted by Gasteiger charge is -2.15. The van der Waals surface area contributed by atoms with Gasteiger partial charge in [-0.3, -0.25) is 9.36 Å². The van der Waals surface area contributed by atoms with Crippen LogP contribution in [0.15, 0.2) is 66.0 Å². The highest BCUT2D eigenvalue weighted by atomic mass is 16.5. The molecule has 0 saturated carbocycles. The molecule has 0 aliphatic rings. The zero-order valence-electron chi connectivity index (χ0n) is 16.9. The second-order valence-corrected chi connectivity index (χ2v) is 6.75. The van der Waals surface area contributed by atoms with Gasteiger partial charge in [-0.2, -0.15) is 0 Å². The smallest absolute Gasteiger partial charge is 0.254 e. The zero-order valence-corrected chi connectivity index (χ0v) is 16.9. The first-order chi connectivity index (χ1) is 14.0. The summed E-state index contributed by atoms with van der Waals surface area (Å²) in [4.78, 5) is 16.4. The number of nitrogen functional groups attached to an aromatic ring is 1. The molecular formula is C23H25N3O3. The number of allylic oxidation sites excluding steroid dienone is 1. The zero-order chi connectivity index (χ0) is 21.0. The van der Waals surface area contributed by atoms with Gasteiger partial charge >= 0.3 is 0 Å². The Hall–Kier alpha value is -3.54. The van der Waals surface area contributed by atoms with E-state index in [-0.39, 0.29) is 17.4 Å². The Morgan fingerprint density at radius 2 is 1.86 bits per heavy atom. The van der Waals surface area contributed by atoms with Gasteiger partial charge in [0.2, 0.25) is 5.95 Å². The minimum atomic E-state index is -0.181. The number of hydrogen-bond acceptors (Lipinski definition) is 5. The standard InChI is InChI=1S/C23H25N3O3/c1-5-16(20-14-22(27)26(2)23(24)25-20)12-15-6-8-17(9-7-15)19-13-18(28-3)10-11-21(19)29-4/h5-11,13-14,16H,1,12H2,2-4H3,(H2,24,25)/t16-/m0/s1. The van der Waals surface area contributed by atoms with Crippen molar-refractivity contribution in [3.05, 3.63) is 82.8 Å². The maximum absolute atomic E-state index is 12.0. The number of aromatic nitrogens is 2. The Balaban J connectivity index is 1.87. The van der Waals surface area contributed by atoms with Crippen LogP contribution < -0.4 is 20.8 Å². The molecule has 0 unspecified atom stereocenters. The highest BCUT2D eigenvalue weighted by Crippen LogP contribution is 2.34. The van der Waals surface area contributed by atoms with E-state index in [1.807, 2.05) is 30.3 Å². The Kier molecular flexibility index (Phi) is 6.02. The summed E-state index contributed by atoms with van der Waals surface area (Å²) >= 11 is 0. The van der Waals surface area contributed by atoms with E-state index < -0.39 is 0 Å². The van der Waals surface area contributed by atoms with E-state index >= 15 is 0 Å². The molecule has 0 spiro atoms.